The number of nitrogens with zero attached hydrogens (tertiary/aromatic N) is 2. The fourth-order valence-electron chi connectivity index (χ4n) is 5.06. The number of hydrogen-bond donors (Lipinski definition) is 3. The number of nitrogens with one attached hydrogen (secondary N) is 3. The van der Waals surface area contributed by atoms with E-state index in [2.05, 4.69) is 33.9 Å². The molecule has 3 N–H and O–H groups in total. The fourth-order valence-corrected chi connectivity index (χ4v) is 6.21. The first-order valence-electron chi connectivity index (χ1n) is 15.1. The van der Waals surface area contributed by atoms with E-state index in [0.717, 1.165) is 71.8 Å². The first kappa shape index (κ1) is 30.4. The van der Waals surface area contributed by atoms with E-state index in [9.17, 15) is 9.59 Å². The molecule has 1 aliphatic carbocycles. The summed E-state index contributed by atoms with van der Waals surface area (Å²) in [6, 6.07) is 17.0. The number of carbonyl (C=O) groups excluding carboxylic acids is 2. The van der Waals surface area contributed by atoms with Crippen LogP contribution in [0.15, 0.2) is 60.8 Å². The Morgan fingerprint density at radius 3 is 2.60 bits per heavy atom. The molecular formula is C34H39N5O3S. The maximum atomic E-state index is 13.1. The molecule has 1 aliphatic rings. The van der Waals surface area contributed by atoms with Gasteiger partial charge < -0.3 is 20.7 Å². The lowest BCUT2D eigenvalue weighted by Crippen LogP contribution is -2.25. The zero-order valence-corrected chi connectivity index (χ0v) is 25.7. The van der Waals surface area contributed by atoms with Crippen LogP contribution < -0.4 is 16.0 Å². The van der Waals surface area contributed by atoms with E-state index in [1.54, 1.807) is 29.7 Å². The summed E-state index contributed by atoms with van der Waals surface area (Å²) in [5.41, 5.74) is 6.04. The second kappa shape index (κ2) is 14.9. The average molecular weight is 598 g/mol. The Labute approximate surface area is 257 Å². The number of thiophene rings is 1. The van der Waals surface area contributed by atoms with Gasteiger partial charge in [-0.2, -0.15) is 0 Å². The third-order valence-electron chi connectivity index (χ3n) is 7.53. The minimum Gasteiger partial charge on any atom is -0.381 e. The molecule has 2 aromatic carbocycles. The van der Waals surface area contributed by atoms with Gasteiger partial charge in [0.1, 0.15) is 0 Å². The second-order valence-corrected chi connectivity index (χ2v) is 11.9. The van der Waals surface area contributed by atoms with Crippen molar-refractivity contribution in [2.45, 2.75) is 58.8 Å². The highest BCUT2D eigenvalue weighted by molar-refractivity contribution is 7.14. The van der Waals surface area contributed by atoms with Crippen molar-refractivity contribution in [2.24, 2.45) is 0 Å². The lowest BCUT2D eigenvalue weighted by Gasteiger charge is -2.13. The van der Waals surface area contributed by atoms with Crippen LogP contribution in [0.1, 0.15) is 75.1 Å². The molecule has 2 heterocycles. The van der Waals surface area contributed by atoms with E-state index in [1.807, 2.05) is 43.3 Å². The fraction of sp³-hybridized carbons (Fsp3) is 0.353. The SMILES string of the molecule is CCCCOCCCNC(=O)c1ccc(Nc2nccc(-c3cccc(NC(=O)c4cc5c(s4)CCCC5)c3C)n2)cc1. The third-order valence-corrected chi connectivity index (χ3v) is 8.77. The number of carbonyl (C=O) groups is 2. The molecule has 224 valence electrons. The topological polar surface area (TPSA) is 105 Å². The van der Waals surface area contributed by atoms with Gasteiger partial charge in [-0.25, -0.2) is 9.97 Å². The molecule has 0 aliphatic heterocycles. The number of aryl methyl sites for hydroxylation is 2. The number of anilines is 3. The molecule has 0 radical (unpaired) electrons. The van der Waals surface area contributed by atoms with Gasteiger partial charge in [0.2, 0.25) is 5.95 Å². The van der Waals surface area contributed by atoms with E-state index in [-0.39, 0.29) is 11.8 Å². The normalized spacial score (nSPS) is 12.4. The summed E-state index contributed by atoms with van der Waals surface area (Å²) in [5, 5.41) is 9.28. The Morgan fingerprint density at radius 1 is 0.977 bits per heavy atom. The summed E-state index contributed by atoms with van der Waals surface area (Å²) in [5.74, 6) is 0.258. The number of hydrogen-bond acceptors (Lipinski definition) is 7. The maximum absolute atomic E-state index is 13.1. The largest absolute Gasteiger partial charge is 0.381 e. The minimum atomic E-state index is -0.112. The minimum absolute atomic E-state index is 0.0711. The number of ether oxygens (including phenoxy) is 1. The second-order valence-electron chi connectivity index (χ2n) is 10.7. The van der Waals surface area contributed by atoms with Crippen molar-refractivity contribution in [3.05, 3.63) is 87.2 Å². The highest BCUT2D eigenvalue weighted by atomic mass is 32.1. The molecule has 5 rings (SSSR count). The van der Waals surface area contributed by atoms with E-state index in [0.29, 0.717) is 24.7 Å². The van der Waals surface area contributed by atoms with Crippen LogP contribution in [0.3, 0.4) is 0 Å². The quantitative estimate of drug-likeness (QED) is 0.139. The van der Waals surface area contributed by atoms with Crippen LogP contribution >= 0.6 is 11.3 Å². The predicted octanol–water partition coefficient (Wildman–Crippen LogP) is 7.32. The van der Waals surface area contributed by atoms with Gasteiger partial charge in [0.05, 0.1) is 10.6 Å². The smallest absolute Gasteiger partial charge is 0.265 e. The number of aromatic nitrogens is 2. The average Bonchev–Trinajstić information content (AvgIpc) is 3.47. The van der Waals surface area contributed by atoms with Crippen LogP contribution in [-0.2, 0) is 17.6 Å². The van der Waals surface area contributed by atoms with Gasteiger partial charge >= 0.3 is 0 Å². The zero-order chi connectivity index (χ0) is 30.0. The van der Waals surface area contributed by atoms with Gasteiger partial charge in [0, 0.05) is 53.3 Å². The Balaban J connectivity index is 1.19. The van der Waals surface area contributed by atoms with Crippen molar-refractivity contribution < 1.29 is 14.3 Å². The highest BCUT2D eigenvalue weighted by Crippen LogP contribution is 2.32. The molecule has 4 aromatic rings. The lowest BCUT2D eigenvalue weighted by atomic mass is 9.99. The number of amides is 2. The summed E-state index contributed by atoms with van der Waals surface area (Å²) in [4.78, 5) is 36.8. The molecule has 43 heavy (non-hydrogen) atoms. The van der Waals surface area contributed by atoms with Gasteiger partial charge in [0.25, 0.3) is 11.8 Å². The van der Waals surface area contributed by atoms with Crippen molar-refractivity contribution in [3.63, 3.8) is 0 Å². The van der Waals surface area contributed by atoms with Crippen molar-refractivity contribution in [1.82, 2.24) is 15.3 Å². The molecule has 0 fully saturated rings. The van der Waals surface area contributed by atoms with Crippen molar-refractivity contribution in [1.29, 1.82) is 0 Å². The summed E-state index contributed by atoms with van der Waals surface area (Å²) in [6.45, 7) is 6.12. The molecule has 9 heteroatoms. The molecule has 0 saturated heterocycles. The van der Waals surface area contributed by atoms with Crippen LogP contribution in [0.25, 0.3) is 11.3 Å². The molecular weight excluding hydrogens is 558 g/mol. The maximum Gasteiger partial charge on any atom is 0.265 e. The van der Waals surface area contributed by atoms with Crippen LogP contribution in [0.2, 0.25) is 0 Å². The number of rotatable bonds is 13. The van der Waals surface area contributed by atoms with Crippen LogP contribution in [0.4, 0.5) is 17.3 Å². The van der Waals surface area contributed by atoms with E-state index in [4.69, 9.17) is 9.72 Å². The zero-order valence-electron chi connectivity index (χ0n) is 24.9. The Morgan fingerprint density at radius 2 is 1.79 bits per heavy atom. The molecule has 2 amide bonds. The van der Waals surface area contributed by atoms with Crippen LogP contribution in [0, 0.1) is 6.92 Å². The molecule has 0 saturated carbocycles. The van der Waals surface area contributed by atoms with E-state index in [1.165, 1.54) is 23.3 Å². The van der Waals surface area contributed by atoms with Gasteiger partial charge in [0.15, 0.2) is 0 Å². The first-order chi connectivity index (χ1) is 21.0. The molecule has 8 nitrogen and oxygen atoms in total. The molecule has 0 spiro atoms. The number of fused-ring (bicyclic) bond motifs is 1. The monoisotopic (exact) mass is 597 g/mol. The van der Waals surface area contributed by atoms with Crippen LogP contribution in [-0.4, -0.2) is 41.5 Å². The first-order valence-corrected chi connectivity index (χ1v) is 15.9. The summed E-state index contributed by atoms with van der Waals surface area (Å²) < 4.78 is 5.54. The summed E-state index contributed by atoms with van der Waals surface area (Å²) >= 11 is 1.61. The summed E-state index contributed by atoms with van der Waals surface area (Å²) in [6.07, 6.45) is 9.20. The standard InChI is InChI=1S/C34H39N5O3S/c1-3-4-20-42-21-8-18-35-32(40)24-13-15-26(16-14-24)37-34-36-19-17-29(39-34)27-10-7-11-28(23(27)2)38-33(41)31-22-25-9-5-6-12-30(25)43-31/h7,10-11,13-17,19,22H,3-6,8-9,12,18,20-21H2,1-2H3,(H,35,40)(H,38,41)(H,36,37,39). The van der Waals surface area contributed by atoms with Gasteiger partial charge in [-0.15, -0.1) is 11.3 Å². The lowest BCUT2D eigenvalue weighted by molar-refractivity contribution is 0.0939. The molecule has 0 atom stereocenters. The predicted molar refractivity (Wildman–Crippen MR) is 174 cm³/mol. The summed E-state index contributed by atoms with van der Waals surface area (Å²) in [7, 11) is 0. The Bertz CT molecular complexity index is 1530. The highest BCUT2D eigenvalue weighted by Gasteiger charge is 2.18. The van der Waals surface area contributed by atoms with Gasteiger partial charge in [-0.1, -0.05) is 25.5 Å². The van der Waals surface area contributed by atoms with E-state index < -0.39 is 0 Å². The molecule has 0 unspecified atom stereocenters. The number of benzene rings is 2. The van der Waals surface area contributed by atoms with Crippen LogP contribution in [0.5, 0.6) is 0 Å². The van der Waals surface area contributed by atoms with Crippen molar-refractivity contribution >= 4 is 40.5 Å². The Hall–Kier alpha value is -4.08. The molecule has 2 aromatic heterocycles. The van der Waals surface area contributed by atoms with Gasteiger partial charge in [-0.05, 0) is 99.0 Å². The van der Waals surface area contributed by atoms with Crippen molar-refractivity contribution in [2.75, 3.05) is 30.4 Å². The van der Waals surface area contributed by atoms with E-state index >= 15 is 0 Å². The third kappa shape index (κ3) is 8.06. The Kier molecular flexibility index (Phi) is 10.5. The van der Waals surface area contributed by atoms with Gasteiger partial charge in [-0.3, -0.25) is 9.59 Å². The molecule has 0 bridgehead atoms. The van der Waals surface area contributed by atoms with Crippen molar-refractivity contribution in [3.8, 4) is 11.3 Å². The number of unbranched alkanes of at least 4 members (excludes halogenated alkanes) is 1.